The Hall–Kier alpha value is -0.960. The maximum Gasteiger partial charge on any atom is 0.123 e. The molecule has 0 spiro atoms. The third-order valence-electron chi connectivity index (χ3n) is 3.01. The molecule has 0 bridgehead atoms. The number of ether oxygens (including phenoxy) is 1. The predicted molar refractivity (Wildman–Crippen MR) is 71.6 cm³/mol. The quantitative estimate of drug-likeness (QED) is 0.770. The van der Waals surface area contributed by atoms with Crippen LogP contribution in [0.5, 0.6) is 0 Å². The number of morpholine rings is 1. The first kappa shape index (κ1) is 13.5. The monoisotopic (exact) mass is 265 g/mol. The van der Waals surface area contributed by atoms with Crippen LogP contribution in [0.2, 0.25) is 0 Å². The van der Waals surface area contributed by atoms with Crippen molar-refractivity contribution in [3.8, 4) is 6.07 Å². The minimum Gasteiger partial charge on any atom is -0.368 e. The molecule has 0 amide bonds. The van der Waals surface area contributed by atoms with Crippen molar-refractivity contribution >= 4 is 11.3 Å². The summed E-state index contributed by atoms with van der Waals surface area (Å²) in [5.74, 6) is 0. The van der Waals surface area contributed by atoms with Gasteiger partial charge in [-0.1, -0.05) is 20.8 Å². The van der Waals surface area contributed by atoms with Gasteiger partial charge in [0.15, 0.2) is 0 Å². The van der Waals surface area contributed by atoms with Gasteiger partial charge in [0.05, 0.1) is 24.9 Å². The molecule has 0 saturated carbocycles. The lowest BCUT2D eigenvalue weighted by Crippen LogP contribution is -2.38. The van der Waals surface area contributed by atoms with E-state index >= 15 is 0 Å². The van der Waals surface area contributed by atoms with Crippen LogP contribution in [0.25, 0.3) is 0 Å². The Kier molecular flexibility index (Phi) is 4.00. The van der Waals surface area contributed by atoms with Crippen molar-refractivity contribution in [3.05, 3.63) is 16.1 Å². The molecule has 0 radical (unpaired) electrons. The Bertz CT molecular complexity index is 444. The first-order valence-electron chi connectivity index (χ1n) is 6.17. The van der Waals surface area contributed by atoms with Crippen molar-refractivity contribution in [1.29, 1.82) is 5.26 Å². The van der Waals surface area contributed by atoms with Crippen LogP contribution < -0.4 is 0 Å². The summed E-state index contributed by atoms with van der Waals surface area (Å²) in [6.07, 6.45) is 0.0215. The van der Waals surface area contributed by atoms with E-state index in [1.807, 2.05) is 0 Å². The molecule has 1 aliphatic heterocycles. The van der Waals surface area contributed by atoms with Gasteiger partial charge in [-0.25, -0.2) is 4.98 Å². The summed E-state index contributed by atoms with van der Waals surface area (Å²) in [6, 6.07) is 2.19. The number of aromatic nitrogens is 1. The van der Waals surface area contributed by atoms with Crippen LogP contribution in [0.1, 0.15) is 37.6 Å². The maximum atomic E-state index is 8.74. The number of hydrogen-bond acceptors (Lipinski definition) is 5. The summed E-state index contributed by atoms with van der Waals surface area (Å²) in [7, 11) is 0. The molecule has 0 N–H and O–H groups in total. The van der Waals surface area contributed by atoms with Gasteiger partial charge in [-0.3, -0.25) is 4.90 Å². The molecule has 5 heteroatoms. The zero-order chi connectivity index (χ0) is 13.2. The summed E-state index contributed by atoms with van der Waals surface area (Å²) in [5, 5.41) is 11.9. The standard InChI is InChI=1S/C13H19N3OS/c1-13(2,3)11-9-18-12(15-11)10-8-16(5-4-14)6-7-17-10/h9-10H,5-8H2,1-3H3/t10-/m0/s1. The molecule has 1 saturated heterocycles. The molecule has 0 aliphatic carbocycles. The summed E-state index contributed by atoms with van der Waals surface area (Å²) < 4.78 is 5.76. The van der Waals surface area contributed by atoms with E-state index in [0.29, 0.717) is 13.2 Å². The fourth-order valence-corrected chi connectivity index (χ4v) is 2.96. The van der Waals surface area contributed by atoms with E-state index in [9.17, 15) is 0 Å². The zero-order valence-corrected chi connectivity index (χ0v) is 12.0. The van der Waals surface area contributed by atoms with E-state index in [-0.39, 0.29) is 11.5 Å². The number of nitriles is 1. The highest BCUT2D eigenvalue weighted by Gasteiger charge is 2.26. The Morgan fingerprint density at radius 3 is 3.00 bits per heavy atom. The van der Waals surface area contributed by atoms with Crippen LogP contribution in [0.3, 0.4) is 0 Å². The first-order valence-corrected chi connectivity index (χ1v) is 7.05. The van der Waals surface area contributed by atoms with Crippen molar-refractivity contribution in [3.63, 3.8) is 0 Å². The average Bonchev–Trinajstić information content (AvgIpc) is 2.78. The summed E-state index contributed by atoms with van der Waals surface area (Å²) in [6.45, 7) is 9.24. The van der Waals surface area contributed by atoms with Crippen molar-refractivity contribution in [2.24, 2.45) is 0 Å². The fraction of sp³-hybridized carbons (Fsp3) is 0.692. The fourth-order valence-electron chi connectivity index (χ4n) is 1.88. The van der Waals surface area contributed by atoms with E-state index in [4.69, 9.17) is 10.00 Å². The second kappa shape index (κ2) is 5.35. The Morgan fingerprint density at radius 1 is 1.61 bits per heavy atom. The van der Waals surface area contributed by atoms with Gasteiger partial charge in [-0.05, 0) is 0 Å². The normalized spacial score (nSPS) is 21.8. The topological polar surface area (TPSA) is 49.2 Å². The van der Waals surface area contributed by atoms with Crippen LogP contribution >= 0.6 is 11.3 Å². The smallest absolute Gasteiger partial charge is 0.123 e. The van der Waals surface area contributed by atoms with Gasteiger partial charge in [0, 0.05) is 23.9 Å². The maximum absolute atomic E-state index is 8.74. The molecule has 98 valence electrons. The van der Waals surface area contributed by atoms with E-state index in [1.165, 1.54) is 0 Å². The van der Waals surface area contributed by atoms with Gasteiger partial charge >= 0.3 is 0 Å². The lowest BCUT2D eigenvalue weighted by atomic mass is 9.93. The molecule has 1 atom stereocenters. The second-order valence-corrected chi connectivity index (χ2v) is 6.46. The third-order valence-corrected chi connectivity index (χ3v) is 3.95. The Morgan fingerprint density at radius 2 is 2.39 bits per heavy atom. The number of thiazole rings is 1. The molecule has 2 heterocycles. The molecule has 4 nitrogen and oxygen atoms in total. The molecule has 0 unspecified atom stereocenters. The van der Waals surface area contributed by atoms with Crippen LogP contribution in [-0.2, 0) is 10.2 Å². The number of rotatable bonds is 2. The molecule has 18 heavy (non-hydrogen) atoms. The summed E-state index contributed by atoms with van der Waals surface area (Å²) in [5.41, 5.74) is 1.19. The Labute approximate surface area is 112 Å². The van der Waals surface area contributed by atoms with Gasteiger partial charge < -0.3 is 4.74 Å². The largest absolute Gasteiger partial charge is 0.368 e. The summed E-state index contributed by atoms with van der Waals surface area (Å²) in [4.78, 5) is 6.80. The zero-order valence-electron chi connectivity index (χ0n) is 11.1. The number of nitrogens with zero attached hydrogens (tertiary/aromatic N) is 3. The van der Waals surface area contributed by atoms with E-state index in [2.05, 4.69) is 42.1 Å². The average molecular weight is 265 g/mol. The minimum absolute atomic E-state index is 0.0215. The highest BCUT2D eigenvalue weighted by Crippen LogP contribution is 2.29. The molecular formula is C13H19N3OS. The molecule has 1 aromatic rings. The van der Waals surface area contributed by atoms with Gasteiger partial charge in [0.25, 0.3) is 0 Å². The third kappa shape index (κ3) is 3.08. The molecule has 1 aromatic heterocycles. The van der Waals surface area contributed by atoms with Crippen LogP contribution in [0, 0.1) is 11.3 Å². The van der Waals surface area contributed by atoms with Crippen LogP contribution in [0.15, 0.2) is 5.38 Å². The predicted octanol–water partition coefficient (Wildman–Crippen LogP) is 2.34. The first-order chi connectivity index (χ1) is 8.50. The summed E-state index contributed by atoms with van der Waals surface area (Å²) >= 11 is 1.66. The SMILES string of the molecule is CC(C)(C)c1csc([C@@H]2CN(CC#N)CCO2)n1. The molecule has 2 rings (SSSR count). The van der Waals surface area contributed by atoms with Gasteiger partial charge in [-0.15, -0.1) is 11.3 Å². The van der Waals surface area contributed by atoms with Crippen molar-refractivity contribution in [2.75, 3.05) is 26.2 Å². The Balaban J connectivity index is 2.07. The highest BCUT2D eigenvalue weighted by molar-refractivity contribution is 7.09. The second-order valence-electron chi connectivity index (χ2n) is 5.57. The lowest BCUT2D eigenvalue weighted by molar-refractivity contribution is -0.0256. The van der Waals surface area contributed by atoms with Crippen molar-refractivity contribution < 1.29 is 4.74 Å². The van der Waals surface area contributed by atoms with Crippen molar-refractivity contribution in [1.82, 2.24) is 9.88 Å². The van der Waals surface area contributed by atoms with Gasteiger partial charge in [0.2, 0.25) is 0 Å². The van der Waals surface area contributed by atoms with E-state index in [0.717, 1.165) is 23.8 Å². The van der Waals surface area contributed by atoms with Gasteiger partial charge in [-0.2, -0.15) is 5.26 Å². The van der Waals surface area contributed by atoms with E-state index in [1.54, 1.807) is 11.3 Å². The molecule has 1 fully saturated rings. The van der Waals surface area contributed by atoms with Crippen LogP contribution in [0.4, 0.5) is 0 Å². The molecular weight excluding hydrogens is 246 g/mol. The molecule has 1 aliphatic rings. The lowest BCUT2D eigenvalue weighted by Gasteiger charge is -2.30. The number of hydrogen-bond donors (Lipinski definition) is 0. The van der Waals surface area contributed by atoms with Gasteiger partial charge in [0.1, 0.15) is 11.1 Å². The van der Waals surface area contributed by atoms with Crippen LogP contribution in [-0.4, -0.2) is 36.1 Å². The highest BCUT2D eigenvalue weighted by atomic mass is 32.1. The minimum atomic E-state index is 0.0215. The van der Waals surface area contributed by atoms with E-state index < -0.39 is 0 Å². The van der Waals surface area contributed by atoms with Crippen molar-refractivity contribution in [2.45, 2.75) is 32.3 Å². The molecule has 0 aromatic carbocycles.